The molecular formula is C24H30N2OS. The average Bonchev–Trinajstić information content (AvgIpc) is 3.03. The minimum Gasteiger partial charge on any atom is -0.491 e. The Morgan fingerprint density at radius 3 is 2.64 bits per heavy atom. The molecule has 2 aromatic rings. The van der Waals surface area contributed by atoms with Gasteiger partial charge in [0.05, 0.1) is 11.7 Å². The highest BCUT2D eigenvalue weighted by molar-refractivity contribution is 7.16. The van der Waals surface area contributed by atoms with Crippen LogP contribution in [0.2, 0.25) is 0 Å². The van der Waals surface area contributed by atoms with Crippen LogP contribution >= 0.6 is 11.3 Å². The normalized spacial score (nSPS) is 17.9. The standard InChI is InChI=1S/C24H30N2OS/c1-6-16(2)27-19-10-7-17(8-11-19)15-26-23-21(14-25)20-12-9-18(24(3,4)5)13-22(20)28-23/h7-8,10-11,15-16,18H,6,9,12-13H2,1-5H3/t16-,18-/m1/s1. The summed E-state index contributed by atoms with van der Waals surface area (Å²) in [6.07, 6.45) is 6.27. The van der Waals surface area contributed by atoms with E-state index < -0.39 is 0 Å². The van der Waals surface area contributed by atoms with Gasteiger partial charge in [0, 0.05) is 11.1 Å². The lowest BCUT2D eigenvalue weighted by atomic mass is 9.72. The number of fused-ring (bicyclic) bond motifs is 1. The summed E-state index contributed by atoms with van der Waals surface area (Å²) in [6, 6.07) is 10.4. The minimum absolute atomic E-state index is 0.215. The van der Waals surface area contributed by atoms with Crippen molar-refractivity contribution in [2.45, 2.75) is 66.4 Å². The van der Waals surface area contributed by atoms with Crippen molar-refractivity contribution in [1.82, 2.24) is 0 Å². The molecule has 0 aliphatic heterocycles. The summed E-state index contributed by atoms with van der Waals surface area (Å²) in [5.74, 6) is 1.55. The van der Waals surface area contributed by atoms with Gasteiger partial charge in [0.2, 0.25) is 0 Å². The summed E-state index contributed by atoms with van der Waals surface area (Å²) in [6.45, 7) is 11.1. The van der Waals surface area contributed by atoms with Crippen LogP contribution in [0.4, 0.5) is 5.00 Å². The van der Waals surface area contributed by atoms with Crippen LogP contribution in [0.15, 0.2) is 29.3 Å². The van der Waals surface area contributed by atoms with Crippen molar-refractivity contribution in [3.05, 3.63) is 45.8 Å². The van der Waals surface area contributed by atoms with Crippen LogP contribution in [0.3, 0.4) is 0 Å². The van der Waals surface area contributed by atoms with Gasteiger partial charge in [-0.3, -0.25) is 0 Å². The molecule has 0 radical (unpaired) electrons. The number of hydrogen-bond donors (Lipinski definition) is 0. The van der Waals surface area contributed by atoms with Gasteiger partial charge in [0.15, 0.2) is 0 Å². The zero-order chi connectivity index (χ0) is 20.3. The third kappa shape index (κ3) is 4.64. The third-order valence-electron chi connectivity index (χ3n) is 5.71. The lowest BCUT2D eigenvalue weighted by molar-refractivity contribution is 0.217. The molecule has 4 heteroatoms. The summed E-state index contributed by atoms with van der Waals surface area (Å²) in [4.78, 5) is 6.03. The number of thiophene rings is 1. The van der Waals surface area contributed by atoms with Gasteiger partial charge in [-0.05, 0) is 79.3 Å². The molecule has 0 unspecified atom stereocenters. The van der Waals surface area contributed by atoms with Crippen molar-refractivity contribution in [2.24, 2.45) is 16.3 Å². The van der Waals surface area contributed by atoms with Crippen LogP contribution in [0.1, 0.15) is 69.0 Å². The number of benzene rings is 1. The number of hydrogen-bond acceptors (Lipinski definition) is 4. The molecule has 1 aliphatic rings. The fourth-order valence-electron chi connectivity index (χ4n) is 3.60. The summed E-state index contributed by atoms with van der Waals surface area (Å²) in [5.41, 5.74) is 3.33. The van der Waals surface area contributed by atoms with Crippen molar-refractivity contribution < 1.29 is 4.74 Å². The second-order valence-electron chi connectivity index (χ2n) is 8.77. The van der Waals surface area contributed by atoms with Crippen molar-refractivity contribution in [3.63, 3.8) is 0 Å². The van der Waals surface area contributed by atoms with Gasteiger partial charge < -0.3 is 4.74 Å². The molecule has 0 spiro atoms. The zero-order valence-corrected chi connectivity index (χ0v) is 18.4. The SMILES string of the molecule is CC[C@@H](C)Oc1ccc(C=Nc2sc3c(c2C#N)CC[C@@H](C(C)(C)C)C3)cc1. The monoisotopic (exact) mass is 394 g/mol. The van der Waals surface area contributed by atoms with Gasteiger partial charge in [-0.1, -0.05) is 27.7 Å². The van der Waals surface area contributed by atoms with Crippen molar-refractivity contribution in [3.8, 4) is 11.8 Å². The molecule has 0 N–H and O–H groups in total. The summed E-state index contributed by atoms with van der Waals surface area (Å²) in [5, 5.41) is 10.5. The predicted octanol–water partition coefficient (Wildman–Crippen LogP) is 6.70. The Balaban J connectivity index is 1.78. The molecule has 148 valence electrons. The van der Waals surface area contributed by atoms with E-state index >= 15 is 0 Å². The number of ether oxygens (including phenoxy) is 1. The highest BCUT2D eigenvalue weighted by Gasteiger charge is 2.32. The zero-order valence-electron chi connectivity index (χ0n) is 17.6. The van der Waals surface area contributed by atoms with Crippen molar-refractivity contribution in [1.29, 1.82) is 5.26 Å². The van der Waals surface area contributed by atoms with E-state index in [1.807, 2.05) is 30.5 Å². The summed E-state index contributed by atoms with van der Waals surface area (Å²) < 4.78 is 5.82. The molecule has 0 saturated heterocycles. The Hall–Kier alpha value is -2.12. The van der Waals surface area contributed by atoms with E-state index in [4.69, 9.17) is 4.74 Å². The Kier molecular flexibility index (Phi) is 6.25. The van der Waals surface area contributed by atoms with Crippen LogP contribution in [0, 0.1) is 22.7 Å². The first-order valence-corrected chi connectivity index (χ1v) is 11.0. The maximum atomic E-state index is 9.70. The lowest BCUT2D eigenvalue weighted by Gasteiger charge is -2.33. The van der Waals surface area contributed by atoms with Crippen molar-refractivity contribution in [2.75, 3.05) is 0 Å². The molecule has 0 bridgehead atoms. The average molecular weight is 395 g/mol. The number of aliphatic imine (C=N–C) groups is 1. The first kappa shape index (κ1) is 20.6. The van der Waals surface area contributed by atoms with Gasteiger partial charge in [-0.15, -0.1) is 11.3 Å². The third-order valence-corrected chi connectivity index (χ3v) is 6.87. The van der Waals surface area contributed by atoms with Crippen LogP contribution < -0.4 is 4.74 Å². The van der Waals surface area contributed by atoms with Crippen LogP contribution in [0.25, 0.3) is 0 Å². The van der Waals surface area contributed by atoms with E-state index in [-0.39, 0.29) is 6.10 Å². The van der Waals surface area contributed by atoms with E-state index in [2.05, 4.69) is 45.7 Å². The Labute approximate surface area is 173 Å². The van der Waals surface area contributed by atoms with Crippen LogP contribution in [-0.2, 0) is 12.8 Å². The number of nitrogens with zero attached hydrogens (tertiary/aromatic N) is 2. The number of rotatable bonds is 5. The Morgan fingerprint density at radius 1 is 1.32 bits per heavy atom. The molecule has 28 heavy (non-hydrogen) atoms. The first-order valence-electron chi connectivity index (χ1n) is 10.2. The quantitative estimate of drug-likeness (QED) is 0.530. The minimum atomic E-state index is 0.215. The smallest absolute Gasteiger partial charge is 0.134 e. The fraction of sp³-hybridized carbons (Fsp3) is 0.500. The van der Waals surface area contributed by atoms with Gasteiger partial charge in [-0.2, -0.15) is 5.26 Å². The van der Waals surface area contributed by atoms with Crippen molar-refractivity contribution >= 4 is 22.6 Å². The van der Waals surface area contributed by atoms with E-state index in [9.17, 15) is 5.26 Å². The van der Waals surface area contributed by atoms with Gasteiger partial charge >= 0.3 is 0 Å². The molecule has 3 rings (SSSR count). The van der Waals surface area contributed by atoms with Gasteiger partial charge in [0.1, 0.15) is 16.8 Å². The molecular weight excluding hydrogens is 364 g/mol. The van der Waals surface area contributed by atoms with E-state index in [1.54, 1.807) is 11.3 Å². The first-order chi connectivity index (χ1) is 13.3. The largest absolute Gasteiger partial charge is 0.491 e. The molecule has 1 aromatic heterocycles. The van der Waals surface area contributed by atoms with Gasteiger partial charge in [-0.25, -0.2) is 4.99 Å². The Bertz CT molecular complexity index is 881. The van der Waals surface area contributed by atoms with Crippen LogP contribution in [0.5, 0.6) is 5.75 Å². The second-order valence-corrected chi connectivity index (χ2v) is 9.85. The maximum Gasteiger partial charge on any atom is 0.134 e. The van der Waals surface area contributed by atoms with E-state index in [0.717, 1.165) is 47.6 Å². The fourth-order valence-corrected chi connectivity index (χ4v) is 4.82. The predicted molar refractivity (Wildman–Crippen MR) is 118 cm³/mol. The van der Waals surface area contributed by atoms with Gasteiger partial charge in [0.25, 0.3) is 0 Å². The van der Waals surface area contributed by atoms with E-state index in [1.165, 1.54) is 10.4 Å². The highest BCUT2D eigenvalue weighted by Crippen LogP contribution is 2.44. The molecule has 3 nitrogen and oxygen atoms in total. The summed E-state index contributed by atoms with van der Waals surface area (Å²) in [7, 11) is 0. The Morgan fingerprint density at radius 2 is 2.04 bits per heavy atom. The highest BCUT2D eigenvalue weighted by atomic mass is 32.1. The topological polar surface area (TPSA) is 45.4 Å². The molecule has 0 saturated carbocycles. The lowest BCUT2D eigenvalue weighted by Crippen LogP contribution is -2.26. The molecule has 0 amide bonds. The van der Waals surface area contributed by atoms with E-state index in [0.29, 0.717) is 11.3 Å². The molecule has 2 atom stereocenters. The van der Waals surface area contributed by atoms with Crippen LogP contribution in [-0.4, -0.2) is 12.3 Å². The molecule has 1 aliphatic carbocycles. The maximum absolute atomic E-state index is 9.70. The summed E-state index contributed by atoms with van der Waals surface area (Å²) >= 11 is 1.70. The molecule has 0 fully saturated rings. The molecule has 1 aromatic carbocycles. The number of nitriles is 1. The second kappa shape index (κ2) is 8.49. The molecule has 1 heterocycles.